The second-order valence-electron chi connectivity index (χ2n) is 9.48. The van der Waals surface area contributed by atoms with Crippen LogP contribution >= 0.6 is 0 Å². The number of allylic oxidation sites excluding steroid dienone is 2. The molecule has 3 aromatic carbocycles. The summed E-state index contributed by atoms with van der Waals surface area (Å²) < 4.78 is 66.8. The van der Waals surface area contributed by atoms with E-state index in [2.05, 4.69) is 31.8 Å². The third-order valence-corrected chi connectivity index (χ3v) is 8.39. The fourth-order valence-corrected chi connectivity index (χ4v) is 5.53. The topological polar surface area (TPSA) is 217 Å². The summed E-state index contributed by atoms with van der Waals surface area (Å²) in [7, 11) is -9.49. The Morgan fingerprint density at radius 3 is 2.28 bits per heavy atom. The number of carbonyl (C=O) groups excluding carboxylic acids is 1. The molecule has 5 rings (SSSR count). The maximum atomic E-state index is 13.5. The van der Waals surface area contributed by atoms with Crippen LogP contribution in [-0.2, 0) is 20.2 Å². The first-order valence-electron chi connectivity index (χ1n) is 12.3. The predicted octanol–water partition coefficient (Wildman–Crippen LogP) is 4.98. The van der Waals surface area contributed by atoms with E-state index in [-0.39, 0.29) is 22.8 Å². The molecule has 0 radical (unpaired) electrons. The van der Waals surface area contributed by atoms with Gasteiger partial charge >= 0.3 is 0 Å². The van der Waals surface area contributed by atoms with E-state index in [4.69, 9.17) is 0 Å². The summed E-state index contributed by atoms with van der Waals surface area (Å²) >= 11 is 0. The normalized spacial score (nSPS) is 14.9. The number of imidazole rings is 1. The van der Waals surface area contributed by atoms with Crippen LogP contribution in [0.1, 0.15) is 28.7 Å². The van der Waals surface area contributed by atoms with Crippen molar-refractivity contribution in [3.8, 4) is 6.07 Å². The van der Waals surface area contributed by atoms with Crippen molar-refractivity contribution in [3.63, 3.8) is 0 Å². The van der Waals surface area contributed by atoms with Crippen LogP contribution in [0.3, 0.4) is 0 Å². The van der Waals surface area contributed by atoms with Gasteiger partial charge in [-0.05, 0) is 74.4 Å². The summed E-state index contributed by atoms with van der Waals surface area (Å²) in [6.07, 6.45) is 0. The Morgan fingerprint density at radius 1 is 0.907 bits per heavy atom. The number of azo groups is 1. The van der Waals surface area contributed by atoms with E-state index in [1.165, 1.54) is 4.57 Å². The number of hydrazone groups is 1. The maximum Gasteiger partial charge on any atom is 0.296 e. The monoisotopic (exact) mass is 619 g/mol. The van der Waals surface area contributed by atoms with E-state index in [9.17, 15) is 36.0 Å². The number of benzene rings is 3. The zero-order valence-electron chi connectivity index (χ0n) is 22.6. The number of para-hydroxylation sites is 2. The Labute approximate surface area is 245 Å². The molecule has 0 amide bonds. The maximum absolute atomic E-state index is 13.5. The van der Waals surface area contributed by atoms with Gasteiger partial charge in [0.05, 0.1) is 27.3 Å². The summed E-state index contributed by atoms with van der Waals surface area (Å²) in [5, 5.41) is 22.0. The number of hydrogen-bond donors (Lipinski definition) is 3. The van der Waals surface area contributed by atoms with E-state index < -0.39 is 41.6 Å². The first kappa shape index (κ1) is 29.4. The molecule has 0 bridgehead atoms. The van der Waals surface area contributed by atoms with Gasteiger partial charge in [-0.2, -0.15) is 32.3 Å². The Kier molecular flexibility index (Phi) is 7.28. The number of anilines is 1. The highest BCUT2D eigenvalue weighted by Gasteiger charge is 2.32. The lowest BCUT2D eigenvalue weighted by Crippen LogP contribution is -2.30. The van der Waals surface area contributed by atoms with Crippen LogP contribution in [-0.4, -0.2) is 47.1 Å². The Hall–Kier alpha value is -5.08. The van der Waals surface area contributed by atoms with Gasteiger partial charge in [0.1, 0.15) is 22.2 Å². The minimum absolute atomic E-state index is 0.0180. The summed E-state index contributed by atoms with van der Waals surface area (Å²) in [5.41, 5.74) is 5.89. The zero-order chi connectivity index (χ0) is 31.3. The molecule has 0 fully saturated rings. The number of carbonyl (C=O) groups is 1. The van der Waals surface area contributed by atoms with Crippen molar-refractivity contribution in [2.45, 2.75) is 30.6 Å². The molecular weight excluding hydrogens is 598 g/mol. The number of nitriles is 1. The molecule has 2 heterocycles. The number of rotatable bonds is 6. The Balaban J connectivity index is 1.49. The summed E-state index contributed by atoms with van der Waals surface area (Å²) in [4.78, 5) is 16.6. The fraction of sp³-hybridized carbons (Fsp3) is 0.111. The third kappa shape index (κ3) is 5.45. The van der Waals surface area contributed by atoms with Crippen LogP contribution in [0, 0.1) is 25.2 Å². The Morgan fingerprint density at radius 2 is 1.60 bits per heavy atom. The van der Waals surface area contributed by atoms with Crippen molar-refractivity contribution < 1.29 is 30.7 Å². The van der Waals surface area contributed by atoms with Gasteiger partial charge in [-0.3, -0.25) is 23.9 Å². The number of fused-ring (bicyclic) bond motifs is 3. The van der Waals surface area contributed by atoms with E-state index in [0.29, 0.717) is 33.4 Å². The van der Waals surface area contributed by atoms with Gasteiger partial charge in [-0.25, -0.2) is 4.98 Å². The Bertz CT molecular complexity index is 2230. The van der Waals surface area contributed by atoms with Crippen molar-refractivity contribution in [1.29, 1.82) is 5.26 Å². The van der Waals surface area contributed by atoms with Crippen LogP contribution in [0.25, 0.3) is 16.6 Å². The lowest BCUT2D eigenvalue weighted by atomic mass is 10.0. The highest BCUT2D eigenvalue weighted by molar-refractivity contribution is 7.86. The molecule has 0 unspecified atom stereocenters. The minimum atomic E-state index is -4.80. The molecule has 14 nitrogen and oxygen atoms in total. The zero-order valence-corrected chi connectivity index (χ0v) is 24.3. The van der Waals surface area contributed by atoms with Gasteiger partial charge in [0.2, 0.25) is 0 Å². The van der Waals surface area contributed by atoms with Gasteiger partial charge in [-0.1, -0.05) is 12.1 Å². The van der Waals surface area contributed by atoms with Crippen molar-refractivity contribution in [3.05, 3.63) is 77.1 Å². The molecule has 0 saturated carbocycles. The van der Waals surface area contributed by atoms with Crippen LogP contribution < -0.4 is 5.43 Å². The molecule has 1 aromatic heterocycles. The second-order valence-corrected chi connectivity index (χ2v) is 12.3. The molecule has 0 saturated heterocycles. The number of hydrogen-bond acceptors (Lipinski definition) is 11. The molecule has 4 aromatic rings. The first-order valence-corrected chi connectivity index (χ1v) is 15.2. The quantitative estimate of drug-likeness (QED) is 0.149. The van der Waals surface area contributed by atoms with E-state index in [1.807, 2.05) is 0 Å². The molecule has 16 heteroatoms. The van der Waals surface area contributed by atoms with Crippen LogP contribution in [0.5, 0.6) is 0 Å². The minimum Gasteiger partial charge on any atom is -0.282 e. The van der Waals surface area contributed by atoms with Gasteiger partial charge in [-0.15, -0.1) is 5.11 Å². The summed E-state index contributed by atoms with van der Waals surface area (Å²) in [6.45, 7) is 4.98. The van der Waals surface area contributed by atoms with Crippen molar-refractivity contribution >= 4 is 65.5 Å². The predicted molar refractivity (Wildman–Crippen MR) is 156 cm³/mol. The highest BCUT2D eigenvalue weighted by Crippen LogP contribution is 2.33. The third-order valence-electron chi connectivity index (χ3n) is 6.63. The average molecular weight is 620 g/mol. The van der Waals surface area contributed by atoms with Crippen molar-refractivity contribution in [2.24, 2.45) is 15.3 Å². The molecule has 0 aliphatic carbocycles. The number of nitrogens with one attached hydrogen (secondary N) is 1. The van der Waals surface area contributed by atoms with Crippen molar-refractivity contribution in [1.82, 2.24) is 9.55 Å². The van der Waals surface area contributed by atoms with E-state index in [0.717, 1.165) is 18.2 Å². The molecule has 0 spiro atoms. The van der Waals surface area contributed by atoms with Crippen LogP contribution in [0.2, 0.25) is 0 Å². The molecular formula is C27H21N7O7S2. The number of nitrogens with zero attached hydrogens (tertiary/aromatic N) is 6. The SMILES string of the molecule is CC1=C(C#N)c2nc3ccccc3n2C(=O)/C1=N/Nc1cc(C)c(N=Nc2cc(S(=O)(=O)O)ccc2S(=O)(=O)O)cc1C. The molecule has 1 aliphatic rings. The van der Waals surface area contributed by atoms with Gasteiger partial charge in [0.25, 0.3) is 26.1 Å². The summed E-state index contributed by atoms with van der Waals surface area (Å²) in [5.74, 6) is -0.222. The molecule has 3 N–H and O–H groups in total. The molecule has 43 heavy (non-hydrogen) atoms. The van der Waals surface area contributed by atoms with Gasteiger partial charge < -0.3 is 0 Å². The number of aromatic nitrogens is 2. The molecule has 1 aliphatic heterocycles. The largest absolute Gasteiger partial charge is 0.296 e. The smallest absolute Gasteiger partial charge is 0.282 e. The lowest BCUT2D eigenvalue weighted by Gasteiger charge is -2.17. The molecule has 218 valence electrons. The first-order chi connectivity index (χ1) is 20.2. The standard InChI is InChI=1S/C27H21N7O7S2/c1-14-11-21(15(2)10-20(14)30-32-22-12-17(42(36,37)38)8-9-24(22)43(39,40)41)31-33-25-16(3)18(13-28)26-29-19-6-4-5-7-23(19)34(26)27(25)35/h4-12,31H,1-3H3,(H,36,37,38)(H,39,40,41)/b32-30?,33-25+. The highest BCUT2D eigenvalue weighted by atomic mass is 32.2. The van der Waals surface area contributed by atoms with Gasteiger partial charge in [0.15, 0.2) is 11.5 Å². The average Bonchev–Trinajstić information content (AvgIpc) is 3.32. The lowest BCUT2D eigenvalue weighted by molar-refractivity contribution is 0.0992. The number of aryl methyl sites for hydroxylation is 2. The van der Waals surface area contributed by atoms with E-state index >= 15 is 0 Å². The van der Waals surface area contributed by atoms with Crippen LogP contribution in [0.4, 0.5) is 17.1 Å². The van der Waals surface area contributed by atoms with E-state index in [1.54, 1.807) is 57.2 Å². The van der Waals surface area contributed by atoms with Crippen molar-refractivity contribution in [2.75, 3.05) is 5.43 Å². The molecule has 0 atom stereocenters. The summed E-state index contributed by atoms with van der Waals surface area (Å²) in [6, 6.07) is 14.7. The van der Waals surface area contributed by atoms with Crippen LogP contribution in [0.15, 0.2) is 85.3 Å². The second kappa shape index (κ2) is 10.6. The van der Waals surface area contributed by atoms with Gasteiger partial charge in [0, 0.05) is 5.57 Å². The fourth-order valence-electron chi connectivity index (χ4n) is 4.42.